The van der Waals surface area contributed by atoms with Gasteiger partial charge in [0.1, 0.15) is 0 Å². The smallest absolute Gasteiger partial charge is 0.310 e. The van der Waals surface area contributed by atoms with Gasteiger partial charge in [-0.3, -0.25) is 9.59 Å². The number of carbonyl (C=O) groups is 2. The molecule has 0 aliphatic carbocycles. The summed E-state index contributed by atoms with van der Waals surface area (Å²) < 4.78 is 5.08. The number of hydrogen-bond donors (Lipinski definition) is 0. The van der Waals surface area contributed by atoms with E-state index >= 15 is 0 Å². The predicted octanol–water partition coefficient (Wildman–Crippen LogP) is 3.23. The Bertz CT molecular complexity index is 522. The molecule has 1 aromatic rings. The van der Waals surface area contributed by atoms with Gasteiger partial charge in [-0.15, -0.1) is 0 Å². The van der Waals surface area contributed by atoms with Crippen LogP contribution in [0.3, 0.4) is 0 Å². The number of carbonyl (C=O) groups excluding carboxylic acids is 2. The van der Waals surface area contributed by atoms with Crippen LogP contribution in [0.2, 0.25) is 0 Å². The number of ether oxygens (including phenoxy) is 1. The normalized spacial score (nSPS) is 18.4. The molecular formula is C18H25NO3. The van der Waals surface area contributed by atoms with E-state index in [2.05, 4.69) is 13.8 Å². The van der Waals surface area contributed by atoms with E-state index in [9.17, 15) is 9.59 Å². The molecule has 0 radical (unpaired) electrons. The van der Waals surface area contributed by atoms with Crippen LogP contribution in [0.1, 0.15) is 55.5 Å². The highest BCUT2D eigenvalue weighted by Crippen LogP contribution is 2.21. The minimum Gasteiger partial charge on any atom is -0.466 e. The summed E-state index contributed by atoms with van der Waals surface area (Å²) in [7, 11) is 0. The minimum atomic E-state index is -0.187. The zero-order valence-electron chi connectivity index (χ0n) is 13.7. The van der Waals surface area contributed by atoms with Gasteiger partial charge >= 0.3 is 5.97 Å². The SMILES string of the molecule is CCOC(=O)[C@@H]1CCCN(C(=O)c2ccc(C(C)C)cc2)C1. The van der Waals surface area contributed by atoms with Crippen molar-refractivity contribution in [2.75, 3.05) is 19.7 Å². The van der Waals surface area contributed by atoms with Crippen LogP contribution in [0.25, 0.3) is 0 Å². The van der Waals surface area contributed by atoms with E-state index in [1.165, 1.54) is 5.56 Å². The van der Waals surface area contributed by atoms with Gasteiger partial charge in [-0.2, -0.15) is 0 Å². The maximum Gasteiger partial charge on any atom is 0.310 e. The molecule has 0 aromatic heterocycles. The fourth-order valence-corrected chi connectivity index (χ4v) is 2.81. The molecule has 4 nitrogen and oxygen atoms in total. The molecule has 1 fully saturated rings. The number of esters is 1. The molecule has 0 spiro atoms. The number of rotatable bonds is 4. The Labute approximate surface area is 132 Å². The van der Waals surface area contributed by atoms with E-state index in [0.29, 0.717) is 31.2 Å². The molecular weight excluding hydrogens is 278 g/mol. The summed E-state index contributed by atoms with van der Waals surface area (Å²) in [5, 5.41) is 0. The Kier molecular flexibility index (Phi) is 5.58. The quantitative estimate of drug-likeness (QED) is 0.802. The monoisotopic (exact) mass is 303 g/mol. The number of amides is 1. The van der Waals surface area contributed by atoms with Crippen LogP contribution < -0.4 is 0 Å². The second-order valence-electron chi connectivity index (χ2n) is 6.12. The molecule has 120 valence electrons. The van der Waals surface area contributed by atoms with E-state index in [1.54, 1.807) is 11.8 Å². The molecule has 1 amide bonds. The summed E-state index contributed by atoms with van der Waals surface area (Å²) in [5.74, 6) is 0.0828. The first-order valence-corrected chi connectivity index (χ1v) is 8.08. The zero-order chi connectivity index (χ0) is 16.1. The molecule has 1 aliphatic heterocycles. The topological polar surface area (TPSA) is 46.6 Å². The lowest BCUT2D eigenvalue weighted by molar-refractivity contribution is -0.149. The highest BCUT2D eigenvalue weighted by atomic mass is 16.5. The van der Waals surface area contributed by atoms with Crippen LogP contribution in [-0.2, 0) is 9.53 Å². The zero-order valence-corrected chi connectivity index (χ0v) is 13.7. The maximum atomic E-state index is 12.6. The van der Waals surface area contributed by atoms with Crippen LogP contribution in [0, 0.1) is 5.92 Å². The Morgan fingerprint density at radius 2 is 1.95 bits per heavy atom. The van der Waals surface area contributed by atoms with Gasteiger partial charge in [-0.25, -0.2) is 0 Å². The summed E-state index contributed by atoms with van der Waals surface area (Å²) >= 11 is 0. The lowest BCUT2D eigenvalue weighted by atomic mass is 9.97. The van der Waals surface area contributed by atoms with E-state index in [4.69, 9.17) is 4.74 Å². The highest BCUT2D eigenvalue weighted by molar-refractivity contribution is 5.94. The first kappa shape index (κ1) is 16.5. The van der Waals surface area contributed by atoms with Gasteiger partial charge in [-0.1, -0.05) is 26.0 Å². The van der Waals surface area contributed by atoms with E-state index in [1.807, 2.05) is 24.3 Å². The molecule has 0 saturated carbocycles. The van der Waals surface area contributed by atoms with Crippen molar-refractivity contribution in [3.63, 3.8) is 0 Å². The predicted molar refractivity (Wildman–Crippen MR) is 85.8 cm³/mol. The molecule has 0 N–H and O–H groups in total. The molecule has 1 heterocycles. The van der Waals surface area contributed by atoms with Crippen molar-refractivity contribution in [2.45, 2.75) is 39.5 Å². The van der Waals surface area contributed by atoms with Crippen LogP contribution >= 0.6 is 0 Å². The van der Waals surface area contributed by atoms with E-state index < -0.39 is 0 Å². The van der Waals surface area contributed by atoms with Crippen LogP contribution in [0.4, 0.5) is 0 Å². The Hall–Kier alpha value is -1.84. The van der Waals surface area contributed by atoms with Gasteiger partial charge in [0.2, 0.25) is 0 Å². The first-order chi connectivity index (χ1) is 10.5. The van der Waals surface area contributed by atoms with E-state index in [-0.39, 0.29) is 17.8 Å². The average Bonchev–Trinajstić information content (AvgIpc) is 2.54. The number of piperidine rings is 1. The lowest BCUT2D eigenvalue weighted by Gasteiger charge is -2.31. The summed E-state index contributed by atoms with van der Waals surface area (Å²) in [5.41, 5.74) is 1.91. The average molecular weight is 303 g/mol. The van der Waals surface area contributed by atoms with Gasteiger partial charge < -0.3 is 9.64 Å². The summed E-state index contributed by atoms with van der Waals surface area (Å²) in [6.07, 6.45) is 1.65. The third-order valence-electron chi connectivity index (χ3n) is 4.15. The molecule has 0 unspecified atom stereocenters. The van der Waals surface area contributed by atoms with Crippen LogP contribution in [-0.4, -0.2) is 36.5 Å². The largest absolute Gasteiger partial charge is 0.466 e. The van der Waals surface area contributed by atoms with Gasteiger partial charge in [0.05, 0.1) is 12.5 Å². The van der Waals surface area contributed by atoms with Crippen LogP contribution in [0.15, 0.2) is 24.3 Å². The van der Waals surface area contributed by atoms with Crippen molar-refractivity contribution >= 4 is 11.9 Å². The van der Waals surface area contributed by atoms with Crippen molar-refractivity contribution in [1.82, 2.24) is 4.90 Å². The van der Waals surface area contributed by atoms with Gasteiger partial charge in [0.15, 0.2) is 0 Å². The van der Waals surface area contributed by atoms with Gasteiger partial charge in [0.25, 0.3) is 5.91 Å². The fourth-order valence-electron chi connectivity index (χ4n) is 2.81. The third kappa shape index (κ3) is 3.87. The number of likely N-dealkylation sites (tertiary alicyclic amines) is 1. The molecule has 0 bridgehead atoms. The first-order valence-electron chi connectivity index (χ1n) is 8.08. The molecule has 1 aromatic carbocycles. The molecule has 1 saturated heterocycles. The molecule has 1 aliphatic rings. The molecule has 1 atom stereocenters. The maximum absolute atomic E-state index is 12.6. The number of benzene rings is 1. The van der Waals surface area contributed by atoms with E-state index in [0.717, 1.165) is 12.8 Å². The summed E-state index contributed by atoms with van der Waals surface area (Å²) in [6.45, 7) is 7.63. The molecule has 4 heteroatoms. The minimum absolute atomic E-state index is 0.00399. The van der Waals surface area contributed by atoms with Gasteiger partial charge in [-0.05, 0) is 43.4 Å². The van der Waals surface area contributed by atoms with Crippen molar-refractivity contribution in [3.05, 3.63) is 35.4 Å². The van der Waals surface area contributed by atoms with Gasteiger partial charge in [0, 0.05) is 18.7 Å². The Morgan fingerprint density at radius 1 is 1.27 bits per heavy atom. The number of hydrogen-bond acceptors (Lipinski definition) is 3. The third-order valence-corrected chi connectivity index (χ3v) is 4.15. The molecule has 22 heavy (non-hydrogen) atoms. The van der Waals surface area contributed by atoms with Crippen molar-refractivity contribution < 1.29 is 14.3 Å². The number of nitrogens with zero attached hydrogens (tertiary/aromatic N) is 1. The fraction of sp³-hybridized carbons (Fsp3) is 0.556. The van der Waals surface area contributed by atoms with Crippen molar-refractivity contribution in [2.24, 2.45) is 5.92 Å². The Balaban J connectivity index is 2.03. The summed E-state index contributed by atoms with van der Waals surface area (Å²) in [4.78, 5) is 26.2. The van der Waals surface area contributed by atoms with Crippen LogP contribution in [0.5, 0.6) is 0 Å². The van der Waals surface area contributed by atoms with Crippen molar-refractivity contribution in [3.8, 4) is 0 Å². The summed E-state index contributed by atoms with van der Waals surface area (Å²) in [6, 6.07) is 7.77. The lowest BCUT2D eigenvalue weighted by Crippen LogP contribution is -2.42. The second kappa shape index (κ2) is 7.43. The standard InChI is InChI=1S/C18H25NO3/c1-4-22-18(21)16-6-5-11-19(12-16)17(20)15-9-7-14(8-10-15)13(2)3/h7-10,13,16H,4-6,11-12H2,1-3H3/t16-/m1/s1. The highest BCUT2D eigenvalue weighted by Gasteiger charge is 2.29. The Morgan fingerprint density at radius 3 is 2.55 bits per heavy atom. The molecule has 2 rings (SSSR count). The van der Waals surface area contributed by atoms with Crippen molar-refractivity contribution in [1.29, 1.82) is 0 Å². The second-order valence-corrected chi connectivity index (χ2v) is 6.12.